The Bertz CT molecular complexity index is 526. The van der Waals surface area contributed by atoms with Gasteiger partial charge in [-0.15, -0.1) is 0 Å². The molecule has 2 rings (SSSR count). The highest BCUT2D eigenvalue weighted by atomic mass is 19.2. The number of nitrogens with one attached hydrogen (secondary N) is 1. The fourth-order valence-corrected chi connectivity index (χ4v) is 1.27. The lowest BCUT2D eigenvalue weighted by molar-refractivity contribution is 0.0942. The second-order valence-electron chi connectivity index (χ2n) is 3.23. The Morgan fingerprint density at radius 1 is 1.41 bits per heavy atom. The van der Waals surface area contributed by atoms with Crippen LogP contribution in [0.2, 0.25) is 0 Å². The Labute approximate surface area is 95.3 Å². The van der Waals surface area contributed by atoms with Crippen molar-refractivity contribution in [1.82, 2.24) is 10.3 Å². The van der Waals surface area contributed by atoms with Gasteiger partial charge in [0.05, 0.1) is 18.4 Å². The lowest BCUT2D eigenvalue weighted by Crippen LogP contribution is -2.24. The average Bonchev–Trinajstić information content (AvgIpc) is 2.82. The number of rotatable bonds is 3. The molecule has 4 nitrogen and oxygen atoms in total. The minimum absolute atomic E-state index is 0.106. The summed E-state index contributed by atoms with van der Waals surface area (Å²) in [5.41, 5.74) is -0.385. The summed E-state index contributed by atoms with van der Waals surface area (Å²) >= 11 is 0. The van der Waals surface area contributed by atoms with Crippen molar-refractivity contribution in [2.45, 2.75) is 6.54 Å². The molecule has 17 heavy (non-hydrogen) atoms. The summed E-state index contributed by atoms with van der Waals surface area (Å²) in [5.74, 6) is -2.76. The van der Waals surface area contributed by atoms with Gasteiger partial charge in [-0.1, -0.05) is 0 Å². The molecule has 0 bridgehead atoms. The van der Waals surface area contributed by atoms with E-state index in [1.807, 2.05) is 0 Å². The van der Waals surface area contributed by atoms with E-state index in [4.69, 9.17) is 4.42 Å². The Morgan fingerprint density at radius 3 is 2.94 bits per heavy atom. The Kier molecular flexibility index (Phi) is 3.13. The van der Waals surface area contributed by atoms with Crippen LogP contribution in [-0.4, -0.2) is 10.9 Å². The molecule has 0 aliphatic carbocycles. The van der Waals surface area contributed by atoms with E-state index >= 15 is 0 Å². The summed E-state index contributed by atoms with van der Waals surface area (Å²) in [6.45, 7) is 0.106. The van der Waals surface area contributed by atoms with E-state index in [9.17, 15) is 13.6 Å². The fraction of sp³-hybridized carbons (Fsp3) is 0.0909. The highest BCUT2D eigenvalue weighted by Gasteiger charge is 2.15. The number of furan rings is 1. The van der Waals surface area contributed by atoms with E-state index in [0.29, 0.717) is 5.76 Å². The van der Waals surface area contributed by atoms with Crippen LogP contribution in [0, 0.1) is 11.8 Å². The molecule has 1 amide bonds. The zero-order valence-corrected chi connectivity index (χ0v) is 8.61. The van der Waals surface area contributed by atoms with Crippen LogP contribution >= 0.6 is 0 Å². The summed E-state index contributed by atoms with van der Waals surface area (Å²) in [6.07, 6.45) is 2.48. The van der Waals surface area contributed by atoms with E-state index in [1.165, 1.54) is 6.26 Å². The second kappa shape index (κ2) is 4.73. The van der Waals surface area contributed by atoms with Crippen molar-refractivity contribution in [2.24, 2.45) is 0 Å². The molecule has 2 aromatic rings. The van der Waals surface area contributed by atoms with Gasteiger partial charge in [-0.25, -0.2) is 9.37 Å². The van der Waals surface area contributed by atoms with Crippen molar-refractivity contribution in [2.75, 3.05) is 0 Å². The molecule has 0 unspecified atom stereocenters. The molecule has 0 aliphatic heterocycles. The first kappa shape index (κ1) is 11.3. The predicted octanol–water partition coefficient (Wildman–Crippen LogP) is 1.88. The number of aromatic nitrogens is 1. The third-order valence-corrected chi connectivity index (χ3v) is 2.09. The Hall–Kier alpha value is -2.24. The van der Waals surface area contributed by atoms with Gasteiger partial charge in [0.25, 0.3) is 5.91 Å². The topological polar surface area (TPSA) is 55.1 Å². The molecular weight excluding hydrogens is 230 g/mol. The Morgan fingerprint density at radius 2 is 2.24 bits per heavy atom. The quantitative estimate of drug-likeness (QED) is 0.830. The summed E-state index contributed by atoms with van der Waals surface area (Å²) in [6, 6.07) is 4.42. The van der Waals surface area contributed by atoms with Crippen LogP contribution in [0.5, 0.6) is 0 Å². The normalized spacial score (nSPS) is 10.2. The third kappa shape index (κ3) is 2.47. The van der Waals surface area contributed by atoms with E-state index in [-0.39, 0.29) is 12.1 Å². The lowest BCUT2D eigenvalue weighted by Gasteiger charge is -2.04. The van der Waals surface area contributed by atoms with Crippen LogP contribution in [0.4, 0.5) is 8.78 Å². The number of carbonyl (C=O) groups excluding carboxylic acids is 1. The first-order valence-corrected chi connectivity index (χ1v) is 4.79. The van der Waals surface area contributed by atoms with Gasteiger partial charge in [0, 0.05) is 6.20 Å². The van der Waals surface area contributed by atoms with Gasteiger partial charge >= 0.3 is 0 Å². The van der Waals surface area contributed by atoms with Crippen LogP contribution in [0.15, 0.2) is 35.1 Å². The van der Waals surface area contributed by atoms with Crippen LogP contribution in [0.25, 0.3) is 0 Å². The number of nitrogens with zero attached hydrogens (tertiary/aromatic N) is 1. The molecule has 2 aromatic heterocycles. The van der Waals surface area contributed by atoms with Gasteiger partial charge in [-0.3, -0.25) is 4.79 Å². The standard InChI is InChI=1S/C11H8F2N2O2/c12-9-8(3-4-14-10(9)13)11(16)15-6-7-2-1-5-17-7/h1-5H,6H2,(H,15,16). The molecule has 0 aromatic carbocycles. The number of halogens is 2. The van der Waals surface area contributed by atoms with Gasteiger partial charge in [0.1, 0.15) is 5.76 Å². The number of carbonyl (C=O) groups is 1. The van der Waals surface area contributed by atoms with Crippen molar-refractivity contribution in [3.8, 4) is 0 Å². The van der Waals surface area contributed by atoms with Crippen LogP contribution in [0.3, 0.4) is 0 Å². The van der Waals surface area contributed by atoms with Gasteiger partial charge in [0.15, 0.2) is 5.82 Å². The summed E-state index contributed by atoms with van der Waals surface area (Å²) < 4.78 is 30.9. The lowest BCUT2D eigenvalue weighted by atomic mass is 10.2. The predicted molar refractivity (Wildman–Crippen MR) is 54.0 cm³/mol. The molecule has 2 heterocycles. The second-order valence-corrected chi connectivity index (χ2v) is 3.23. The van der Waals surface area contributed by atoms with Crippen molar-refractivity contribution in [3.63, 3.8) is 0 Å². The number of hydrogen-bond donors (Lipinski definition) is 1. The first-order valence-electron chi connectivity index (χ1n) is 4.79. The molecule has 0 spiro atoms. The van der Waals surface area contributed by atoms with E-state index < -0.39 is 17.7 Å². The largest absolute Gasteiger partial charge is 0.467 e. The molecule has 0 fully saturated rings. The van der Waals surface area contributed by atoms with Crippen molar-refractivity contribution in [3.05, 3.63) is 53.7 Å². The zero-order chi connectivity index (χ0) is 12.3. The van der Waals surface area contributed by atoms with Gasteiger partial charge in [-0.05, 0) is 18.2 Å². The molecule has 0 atom stereocenters. The molecule has 88 valence electrons. The third-order valence-electron chi connectivity index (χ3n) is 2.09. The van der Waals surface area contributed by atoms with Crippen molar-refractivity contribution < 1.29 is 18.0 Å². The maximum absolute atomic E-state index is 13.2. The Balaban J connectivity index is 2.07. The van der Waals surface area contributed by atoms with E-state index in [1.54, 1.807) is 12.1 Å². The van der Waals surface area contributed by atoms with E-state index in [0.717, 1.165) is 12.3 Å². The molecule has 0 saturated carbocycles. The van der Waals surface area contributed by atoms with Gasteiger partial charge in [-0.2, -0.15) is 4.39 Å². The minimum atomic E-state index is -1.30. The summed E-state index contributed by atoms with van der Waals surface area (Å²) in [7, 11) is 0. The summed E-state index contributed by atoms with van der Waals surface area (Å²) in [4.78, 5) is 14.6. The van der Waals surface area contributed by atoms with Crippen LogP contribution < -0.4 is 5.32 Å². The molecule has 0 radical (unpaired) electrons. The smallest absolute Gasteiger partial charge is 0.254 e. The highest BCUT2D eigenvalue weighted by molar-refractivity contribution is 5.94. The molecule has 6 heteroatoms. The minimum Gasteiger partial charge on any atom is -0.467 e. The maximum atomic E-state index is 13.2. The summed E-state index contributed by atoms with van der Waals surface area (Å²) in [5, 5.41) is 2.40. The highest BCUT2D eigenvalue weighted by Crippen LogP contribution is 2.09. The molecule has 1 N–H and O–H groups in total. The zero-order valence-electron chi connectivity index (χ0n) is 8.61. The average molecular weight is 238 g/mol. The van der Waals surface area contributed by atoms with Gasteiger partial charge < -0.3 is 9.73 Å². The van der Waals surface area contributed by atoms with E-state index in [2.05, 4.69) is 10.3 Å². The maximum Gasteiger partial charge on any atom is 0.254 e. The number of hydrogen-bond acceptors (Lipinski definition) is 3. The SMILES string of the molecule is O=C(NCc1ccco1)c1ccnc(F)c1F. The molecule has 0 saturated heterocycles. The van der Waals surface area contributed by atoms with Crippen molar-refractivity contribution >= 4 is 5.91 Å². The fourth-order valence-electron chi connectivity index (χ4n) is 1.27. The number of pyridine rings is 1. The first-order chi connectivity index (χ1) is 8.18. The monoisotopic (exact) mass is 238 g/mol. The van der Waals surface area contributed by atoms with Crippen LogP contribution in [0.1, 0.15) is 16.1 Å². The van der Waals surface area contributed by atoms with Crippen molar-refractivity contribution in [1.29, 1.82) is 0 Å². The molecule has 0 aliphatic rings. The van der Waals surface area contributed by atoms with Crippen LogP contribution in [-0.2, 0) is 6.54 Å². The molecular formula is C11H8F2N2O2. The number of amides is 1. The van der Waals surface area contributed by atoms with Gasteiger partial charge in [0.2, 0.25) is 5.95 Å².